The third kappa shape index (κ3) is 5.91. The molecule has 2 N–H and O–H groups in total. The lowest BCUT2D eigenvalue weighted by atomic mass is 10.1. The first-order valence-corrected chi connectivity index (χ1v) is 5.75. The number of nitriles is 1. The number of hydrogen-bond acceptors (Lipinski definition) is 4. The van der Waals surface area contributed by atoms with Crippen LogP contribution in [0.3, 0.4) is 0 Å². The van der Waals surface area contributed by atoms with Gasteiger partial charge in [0.2, 0.25) is 0 Å². The number of benzene rings is 1. The third-order valence-electron chi connectivity index (χ3n) is 2.26. The van der Waals surface area contributed by atoms with E-state index in [2.05, 4.69) is 17.5 Å². The van der Waals surface area contributed by atoms with Crippen molar-refractivity contribution >= 4 is 5.69 Å². The number of nitrogens with zero attached hydrogens (tertiary/aromatic N) is 1. The lowest BCUT2D eigenvalue weighted by Crippen LogP contribution is -2.04. The van der Waals surface area contributed by atoms with E-state index in [1.165, 1.54) is 5.56 Å². The molecule has 0 unspecified atom stereocenters. The highest BCUT2D eigenvalue weighted by molar-refractivity contribution is 5.45. The average Bonchev–Trinajstić information content (AvgIpc) is 2.36. The van der Waals surface area contributed by atoms with Gasteiger partial charge in [-0.3, -0.25) is 0 Å². The highest BCUT2D eigenvalue weighted by Gasteiger charge is 1.96. The second-order valence-corrected chi connectivity index (χ2v) is 3.62. The van der Waals surface area contributed by atoms with Crippen LogP contribution in [0, 0.1) is 11.3 Å². The molecule has 17 heavy (non-hydrogen) atoms. The average molecular weight is 234 g/mol. The molecule has 0 bridgehead atoms. The van der Waals surface area contributed by atoms with Gasteiger partial charge < -0.3 is 15.2 Å². The van der Waals surface area contributed by atoms with Crippen LogP contribution in [0.15, 0.2) is 24.3 Å². The standard InChI is InChI=1S/C13H18N2O2/c14-6-2-7-15-13-4-1-3-12(11-13)5-9-17-10-8-16/h1,3-4,11,15-16H,2,5,7-10H2. The topological polar surface area (TPSA) is 65.3 Å². The second kappa shape index (κ2) is 8.57. The summed E-state index contributed by atoms with van der Waals surface area (Å²) in [5.74, 6) is 0. The van der Waals surface area contributed by atoms with Gasteiger partial charge in [0.15, 0.2) is 0 Å². The summed E-state index contributed by atoms with van der Waals surface area (Å²) in [5, 5.41) is 20.2. The summed E-state index contributed by atoms with van der Waals surface area (Å²) in [4.78, 5) is 0. The number of ether oxygens (including phenoxy) is 1. The van der Waals surface area contributed by atoms with E-state index in [-0.39, 0.29) is 6.61 Å². The molecule has 0 radical (unpaired) electrons. The molecule has 92 valence electrons. The molecule has 1 aromatic rings. The van der Waals surface area contributed by atoms with E-state index >= 15 is 0 Å². The van der Waals surface area contributed by atoms with Crippen LogP contribution in [-0.4, -0.2) is 31.5 Å². The largest absolute Gasteiger partial charge is 0.394 e. The first-order chi connectivity index (χ1) is 8.36. The van der Waals surface area contributed by atoms with Crippen LogP contribution >= 0.6 is 0 Å². The van der Waals surface area contributed by atoms with Crippen molar-refractivity contribution in [2.45, 2.75) is 12.8 Å². The van der Waals surface area contributed by atoms with Gasteiger partial charge in [-0.25, -0.2) is 0 Å². The van der Waals surface area contributed by atoms with Crippen LogP contribution in [0.25, 0.3) is 0 Å². The summed E-state index contributed by atoms with van der Waals surface area (Å²) in [5.41, 5.74) is 2.21. The fourth-order valence-corrected chi connectivity index (χ4v) is 1.46. The molecule has 0 spiro atoms. The van der Waals surface area contributed by atoms with E-state index in [1.54, 1.807) is 0 Å². The molecule has 0 aliphatic rings. The minimum Gasteiger partial charge on any atom is -0.394 e. The van der Waals surface area contributed by atoms with Crippen molar-refractivity contribution < 1.29 is 9.84 Å². The molecule has 0 aliphatic heterocycles. The highest BCUT2D eigenvalue weighted by atomic mass is 16.5. The molecule has 0 amide bonds. The SMILES string of the molecule is N#CCCNc1cccc(CCOCCO)c1. The maximum absolute atomic E-state index is 8.57. The number of aliphatic hydroxyl groups is 1. The number of rotatable bonds is 8. The molecule has 0 aromatic heterocycles. The van der Waals surface area contributed by atoms with Crippen LogP contribution in [0.5, 0.6) is 0 Å². The number of aliphatic hydroxyl groups excluding tert-OH is 1. The summed E-state index contributed by atoms with van der Waals surface area (Å²) >= 11 is 0. The maximum Gasteiger partial charge on any atom is 0.0697 e. The number of hydrogen-bond donors (Lipinski definition) is 2. The normalized spacial score (nSPS) is 9.88. The van der Waals surface area contributed by atoms with E-state index in [0.29, 0.717) is 26.2 Å². The van der Waals surface area contributed by atoms with Gasteiger partial charge in [0.25, 0.3) is 0 Å². The first-order valence-electron chi connectivity index (χ1n) is 5.75. The van der Waals surface area contributed by atoms with E-state index < -0.39 is 0 Å². The summed E-state index contributed by atoms with van der Waals surface area (Å²) in [6, 6.07) is 10.2. The minimum atomic E-state index is 0.0652. The zero-order valence-electron chi connectivity index (χ0n) is 9.85. The molecule has 0 saturated carbocycles. The molecule has 0 aliphatic carbocycles. The maximum atomic E-state index is 8.57. The Balaban J connectivity index is 2.34. The number of anilines is 1. The lowest BCUT2D eigenvalue weighted by Gasteiger charge is -2.07. The Morgan fingerprint density at radius 3 is 3.00 bits per heavy atom. The van der Waals surface area contributed by atoms with Gasteiger partial charge in [-0.2, -0.15) is 5.26 Å². The van der Waals surface area contributed by atoms with Gasteiger partial charge in [-0.1, -0.05) is 12.1 Å². The van der Waals surface area contributed by atoms with Gasteiger partial charge in [0.1, 0.15) is 0 Å². The molecular weight excluding hydrogens is 216 g/mol. The Morgan fingerprint density at radius 2 is 2.24 bits per heavy atom. The Bertz CT molecular complexity index is 361. The summed E-state index contributed by atoms with van der Waals surface area (Å²) in [7, 11) is 0. The van der Waals surface area contributed by atoms with E-state index in [9.17, 15) is 0 Å². The van der Waals surface area contributed by atoms with Crippen molar-refractivity contribution in [3.63, 3.8) is 0 Å². The zero-order valence-corrected chi connectivity index (χ0v) is 9.85. The first kappa shape index (κ1) is 13.5. The molecular formula is C13H18N2O2. The van der Waals surface area contributed by atoms with Crippen molar-refractivity contribution in [2.75, 3.05) is 31.7 Å². The van der Waals surface area contributed by atoms with Crippen molar-refractivity contribution in [1.82, 2.24) is 0 Å². The molecule has 0 fully saturated rings. The molecule has 0 saturated heterocycles. The van der Waals surface area contributed by atoms with Gasteiger partial charge in [-0.15, -0.1) is 0 Å². The minimum absolute atomic E-state index is 0.0652. The van der Waals surface area contributed by atoms with E-state index in [4.69, 9.17) is 15.1 Å². The fourth-order valence-electron chi connectivity index (χ4n) is 1.46. The van der Waals surface area contributed by atoms with Crippen LogP contribution in [0.1, 0.15) is 12.0 Å². The monoisotopic (exact) mass is 234 g/mol. The highest BCUT2D eigenvalue weighted by Crippen LogP contribution is 2.11. The Morgan fingerprint density at radius 1 is 1.35 bits per heavy atom. The predicted octanol–water partition coefficient (Wildman–Crippen LogP) is 1.56. The number of nitrogens with one attached hydrogen (secondary N) is 1. The van der Waals surface area contributed by atoms with Crippen molar-refractivity contribution in [3.05, 3.63) is 29.8 Å². The Kier molecular flexibility index (Phi) is 6.80. The lowest BCUT2D eigenvalue weighted by molar-refractivity contribution is 0.0944. The fraction of sp³-hybridized carbons (Fsp3) is 0.462. The molecule has 4 heteroatoms. The third-order valence-corrected chi connectivity index (χ3v) is 2.26. The van der Waals surface area contributed by atoms with Crippen LogP contribution < -0.4 is 5.32 Å². The molecule has 4 nitrogen and oxygen atoms in total. The van der Waals surface area contributed by atoms with Crippen molar-refractivity contribution in [3.8, 4) is 6.07 Å². The molecule has 1 aromatic carbocycles. The summed E-state index contributed by atoms with van der Waals surface area (Å²) in [6.07, 6.45) is 1.33. The smallest absolute Gasteiger partial charge is 0.0697 e. The molecule has 0 heterocycles. The van der Waals surface area contributed by atoms with Crippen LogP contribution in [0.4, 0.5) is 5.69 Å². The van der Waals surface area contributed by atoms with E-state index in [1.807, 2.05) is 18.2 Å². The molecule has 0 atom stereocenters. The predicted molar refractivity (Wildman–Crippen MR) is 66.8 cm³/mol. The Labute approximate surface area is 102 Å². The van der Waals surface area contributed by atoms with Gasteiger partial charge in [0, 0.05) is 12.2 Å². The molecule has 1 rings (SSSR count). The van der Waals surface area contributed by atoms with Crippen molar-refractivity contribution in [1.29, 1.82) is 5.26 Å². The van der Waals surface area contributed by atoms with Crippen LogP contribution in [-0.2, 0) is 11.2 Å². The van der Waals surface area contributed by atoms with Gasteiger partial charge in [-0.05, 0) is 24.1 Å². The second-order valence-electron chi connectivity index (χ2n) is 3.62. The van der Waals surface area contributed by atoms with Gasteiger partial charge in [0.05, 0.1) is 32.3 Å². The van der Waals surface area contributed by atoms with Gasteiger partial charge >= 0.3 is 0 Å². The Hall–Kier alpha value is -1.57. The quantitative estimate of drug-likeness (QED) is 0.670. The van der Waals surface area contributed by atoms with E-state index in [0.717, 1.165) is 12.1 Å². The van der Waals surface area contributed by atoms with Crippen molar-refractivity contribution in [2.24, 2.45) is 0 Å². The summed E-state index contributed by atoms with van der Waals surface area (Å²) < 4.78 is 5.21. The summed E-state index contributed by atoms with van der Waals surface area (Å²) in [6.45, 7) is 1.74. The zero-order chi connectivity index (χ0) is 12.3. The van der Waals surface area contributed by atoms with Crippen LogP contribution in [0.2, 0.25) is 0 Å².